The second-order valence-corrected chi connectivity index (χ2v) is 6.55. The standard InChI is InChI=1S/C22H16N2O4/c1-11(25)12-2-5-15(18(8-12)22(26)27)21-16-6-3-13(23)9-19(16)28-20-10-14(24)4-7-17(20)21/h2-10,23H,24H2,1H3,(H,26,27)/p-1. The van der Waals surface area contributed by atoms with Crippen molar-refractivity contribution in [3.05, 3.63) is 71.1 Å². The molecule has 0 aromatic heterocycles. The molecule has 138 valence electrons. The number of benzene rings is 3. The minimum Gasteiger partial charge on any atom is -0.545 e. The topological polar surface area (TPSA) is 120 Å². The largest absolute Gasteiger partial charge is 0.545 e. The highest BCUT2D eigenvalue weighted by Gasteiger charge is 2.20. The van der Waals surface area contributed by atoms with Crippen molar-refractivity contribution in [2.45, 2.75) is 6.92 Å². The van der Waals surface area contributed by atoms with Gasteiger partial charge in [-0.25, -0.2) is 0 Å². The van der Waals surface area contributed by atoms with Crippen molar-refractivity contribution in [3.8, 4) is 22.5 Å². The fraction of sp³-hybridized carbons (Fsp3) is 0.0455. The molecule has 6 heteroatoms. The van der Waals surface area contributed by atoms with Crippen LogP contribution in [-0.2, 0) is 0 Å². The van der Waals surface area contributed by atoms with E-state index in [9.17, 15) is 14.7 Å². The number of aromatic carboxylic acids is 1. The summed E-state index contributed by atoms with van der Waals surface area (Å²) in [6, 6.07) is 14.5. The van der Waals surface area contributed by atoms with E-state index in [4.69, 9.17) is 15.6 Å². The zero-order valence-corrected chi connectivity index (χ0v) is 14.9. The molecule has 0 bridgehead atoms. The molecule has 0 saturated heterocycles. The summed E-state index contributed by atoms with van der Waals surface area (Å²) in [6.45, 7) is 1.37. The molecule has 1 aliphatic carbocycles. The smallest absolute Gasteiger partial charge is 0.159 e. The number of nitrogens with two attached hydrogens (primary N) is 1. The molecule has 0 fully saturated rings. The highest BCUT2D eigenvalue weighted by molar-refractivity contribution is 6.08. The first-order valence-corrected chi connectivity index (χ1v) is 8.52. The lowest BCUT2D eigenvalue weighted by molar-refractivity contribution is -0.254. The summed E-state index contributed by atoms with van der Waals surface area (Å²) in [4.78, 5) is 23.6. The molecule has 2 aromatic rings. The Morgan fingerprint density at radius 1 is 1.00 bits per heavy atom. The van der Waals surface area contributed by atoms with Gasteiger partial charge in [0.05, 0.1) is 11.3 Å². The van der Waals surface area contributed by atoms with Crippen LogP contribution >= 0.6 is 0 Å². The summed E-state index contributed by atoms with van der Waals surface area (Å²) in [5.41, 5.74) is 8.70. The number of nitrogen functional groups attached to an aromatic ring is 1. The van der Waals surface area contributed by atoms with Crippen LogP contribution in [0.25, 0.3) is 33.4 Å². The fourth-order valence-corrected chi connectivity index (χ4v) is 3.35. The van der Waals surface area contributed by atoms with Crippen molar-refractivity contribution in [2.75, 3.05) is 5.73 Å². The first-order chi connectivity index (χ1) is 13.3. The second kappa shape index (κ2) is 6.35. The SMILES string of the molecule is CC(=O)c1ccc(-c2c3ccc(=N)cc-3oc3cc(N)ccc23)c(C(=O)[O-])c1. The minimum absolute atomic E-state index is 0.0896. The first kappa shape index (κ1) is 17.5. The molecule has 1 aliphatic heterocycles. The third-order valence-corrected chi connectivity index (χ3v) is 4.66. The van der Waals surface area contributed by atoms with Crippen molar-refractivity contribution < 1.29 is 19.1 Å². The van der Waals surface area contributed by atoms with E-state index in [-0.39, 0.29) is 22.3 Å². The number of nitrogens with one attached hydrogen (secondary N) is 1. The number of carboxylic acids is 1. The predicted molar refractivity (Wildman–Crippen MR) is 103 cm³/mol. The second-order valence-electron chi connectivity index (χ2n) is 6.55. The molecule has 2 aliphatic rings. The molecular formula is C22H15N2O4-. The normalized spacial score (nSPS) is 11.0. The number of hydrogen-bond acceptors (Lipinski definition) is 6. The molecule has 0 atom stereocenters. The quantitative estimate of drug-likeness (QED) is 0.326. The van der Waals surface area contributed by atoms with Gasteiger partial charge in [0.1, 0.15) is 11.3 Å². The minimum atomic E-state index is -1.38. The molecule has 3 N–H and O–H groups in total. The number of anilines is 1. The van der Waals surface area contributed by atoms with E-state index in [1.807, 2.05) is 0 Å². The summed E-state index contributed by atoms with van der Waals surface area (Å²) in [5, 5.41) is 20.6. The van der Waals surface area contributed by atoms with Crippen molar-refractivity contribution in [1.29, 1.82) is 5.41 Å². The summed E-state index contributed by atoms with van der Waals surface area (Å²) < 4.78 is 5.92. The molecule has 28 heavy (non-hydrogen) atoms. The van der Waals surface area contributed by atoms with Gasteiger partial charge in [-0.05, 0) is 42.8 Å². The zero-order chi connectivity index (χ0) is 20.0. The van der Waals surface area contributed by atoms with E-state index in [2.05, 4.69) is 0 Å². The Morgan fingerprint density at radius 2 is 1.75 bits per heavy atom. The first-order valence-electron chi connectivity index (χ1n) is 8.52. The lowest BCUT2D eigenvalue weighted by Crippen LogP contribution is -2.23. The summed E-state index contributed by atoms with van der Waals surface area (Å²) in [6.07, 6.45) is 0. The molecule has 2 aromatic carbocycles. The molecular weight excluding hydrogens is 356 g/mol. The Labute approximate surface area is 159 Å². The molecule has 0 radical (unpaired) electrons. The lowest BCUT2D eigenvalue weighted by Gasteiger charge is -2.19. The third kappa shape index (κ3) is 2.81. The molecule has 4 rings (SSSR count). The van der Waals surface area contributed by atoms with E-state index in [0.29, 0.717) is 39.1 Å². The number of fused-ring (bicyclic) bond motifs is 2. The number of carboxylic acid groups (broad SMARTS) is 1. The Balaban J connectivity index is 2.17. The maximum Gasteiger partial charge on any atom is 0.159 e. The van der Waals surface area contributed by atoms with Crippen LogP contribution in [0, 0.1) is 5.41 Å². The van der Waals surface area contributed by atoms with Crippen LogP contribution in [0.15, 0.2) is 59.0 Å². The Kier molecular flexibility index (Phi) is 3.96. The van der Waals surface area contributed by atoms with Crippen LogP contribution < -0.4 is 16.2 Å². The van der Waals surface area contributed by atoms with Gasteiger partial charge in [0, 0.05) is 45.5 Å². The maximum absolute atomic E-state index is 11.9. The van der Waals surface area contributed by atoms with E-state index >= 15 is 0 Å². The lowest BCUT2D eigenvalue weighted by atomic mass is 9.89. The van der Waals surface area contributed by atoms with Gasteiger partial charge in [-0.2, -0.15) is 0 Å². The number of hydrogen-bond donors (Lipinski definition) is 2. The number of carbonyl (C=O) groups excluding carboxylic acids is 2. The van der Waals surface area contributed by atoms with E-state index in [1.165, 1.54) is 13.0 Å². The molecule has 0 saturated carbocycles. The molecule has 1 heterocycles. The van der Waals surface area contributed by atoms with Crippen LogP contribution in [0.4, 0.5) is 5.69 Å². The van der Waals surface area contributed by atoms with Crippen LogP contribution in [0.3, 0.4) is 0 Å². The van der Waals surface area contributed by atoms with Gasteiger partial charge in [-0.1, -0.05) is 12.1 Å². The number of rotatable bonds is 3. The van der Waals surface area contributed by atoms with Crippen molar-refractivity contribution >= 4 is 28.4 Å². The Morgan fingerprint density at radius 3 is 2.46 bits per heavy atom. The van der Waals surface area contributed by atoms with Crippen LogP contribution in [0.5, 0.6) is 0 Å². The molecule has 0 spiro atoms. The monoisotopic (exact) mass is 371 g/mol. The third-order valence-electron chi connectivity index (χ3n) is 4.66. The predicted octanol–water partition coefficient (Wildman–Crippen LogP) is 2.83. The van der Waals surface area contributed by atoms with Gasteiger partial charge < -0.3 is 25.5 Å². The molecule has 0 amide bonds. The summed E-state index contributed by atoms with van der Waals surface area (Å²) in [7, 11) is 0. The summed E-state index contributed by atoms with van der Waals surface area (Å²) >= 11 is 0. The van der Waals surface area contributed by atoms with Gasteiger partial charge in [-0.15, -0.1) is 0 Å². The van der Waals surface area contributed by atoms with Crippen LogP contribution in [0.1, 0.15) is 27.6 Å². The van der Waals surface area contributed by atoms with Gasteiger partial charge in [0.25, 0.3) is 0 Å². The van der Waals surface area contributed by atoms with Gasteiger partial charge in [0.2, 0.25) is 0 Å². The maximum atomic E-state index is 11.9. The van der Waals surface area contributed by atoms with Crippen molar-refractivity contribution in [3.63, 3.8) is 0 Å². The number of ketones is 1. The average Bonchev–Trinajstić information content (AvgIpc) is 2.65. The van der Waals surface area contributed by atoms with E-state index < -0.39 is 5.97 Å². The van der Waals surface area contributed by atoms with Crippen molar-refractivity contribution in [1.82, 2.24) is 0 Å². The van der Waals surface area contributed by atoms with E-state index in [1.54, 1.807) is 48.5 Å². The Bertz CT molecular complexity index is 1300. The van der Waals surface area contributed by atoms with Gasteiger partial charge in [0.15, 0.2) is 5.78 Å². The molecule has 0 unspecified atom stereocenters. The highest BCUT2D eigenvalue weighted by Crippen LogP contribution is 2.41. The highest BCUT2D eigenvalue weighted by atomic mass is 16.4. The zero-order valence-electron chi connectivity index (χ0n) is 14.9. The van der Waals surface area contributed by atoms with Crippen LogP contribution in [-0.4, -0.2) is 11.8 Å². The van der Waals surface area contributed by atoms with E-state index in [0.717, 1.165) is 0 Å². The van der Waals surface area contributed by atoms with Crippen LogP contribution in [0.2, 0.25) is 0 Å². The summed E-state index contributed by atoms with van der Waals surface area (Å²) in [5.74, 6) is -1.19. The number of Topliss-reactive ketones (excluding diaryl/α,β-unsaturated/α-hetero) is 1. The van der Waals surface area contributed by atoms with Crippen molar-refractivity contribution in [2.24, 2.45) is 0 Å². The van der Waals surface area contributed by atoms with Gasteiger partial charge in [-0.3, -0.25) is 4.79 Å². The van der Waals surface area contributed by atoms with Gasteiger partial charge >= 0.3 is 0 Å². The average molecular weight is 371 g/mol. The fourth-order valence-electron chi connectivity index (χ4n) is 3.35. The molecule has 6 nitrogen and oxygen atoms in total. The Hall–Kier alpha value is -3.93. The number of carbonyl (C=O) groups is 2.